The molecule has 6 heteroatoms. The lowest BCUT2D eigenvalue weighted by atomic mass is 9.90. The first kappa shape index (κ1) is 12.1. The Morgan fingerprint density at radius 2 is 1.94 bits per heavy atom. The number of hydrogen-bond acceptors (Lipinski definition) is 4. The van der Waals surface area contributed by atoms with Crippen LogP contribution in [0.2, 0.25) is 5.28 Å². The van der Waals surface area contributed by atoms with Crippen LogP contribution in [-0.2, 0) is 4.79 Å². The van der Waals surface area contributed by atoms with E-state index in [9.17, 15) is 4.79 Å². The molecule has 2 N–H and O–H groups in total. The van der Waals surface area contributed by atoms with E-state index in [-0.39, 0.29) is 11.2 Å². The van der Waals surface area contributed by atoms with Gasteiger partial charge in [0.2, 0.25) is 11.2 Å². The molecule has 0 saturated carbocycles. The molecule has 0 aliphatic carbocycles. The largest absolute Gasteiger partial charge is 0.354 e. The molecule has 1 aliphatic heterocycles. The first-order valence-corrected chi connectivity index (χ1v) is 6.04. The number of hydrogen-bond donors (Lipinski definition) is 2. The number of amides is 1. The van der Waals surface area contributed by atoms with Gasteiger partial charge in [-0.15, -0.1) is 0 Å². The van der Waals surface area contributed by atoms with Crippen molar-refractivity contribution < 1.29 is 4.79 Å². The van der Waals surface area contributed by atoms with E-state index in [4.69, 9.17) is 11.6 Å². The lowest BCUT2D eigenvalue weighted by molar-refractivity contribution is -0.120. The maximum absolute atomic E-state index is 12.1. The second-order valence-corrected chi connectivity index (χ2v) is 4.51. The number of carbonyl (C=O) groups excluding carboxylic acids is 1. The molecule has 1 amide bonds. The van der Waals surface area contributed by atoms with Gasteiger partial charge in [-0.1, -0.05) is 13.8 Å². The molecule has 5 nitrogen and oxygen atoms in total. The Morgan fingerprint density at radius 3 is 2.53 bits per heavy atom. The Morgan fingerprint density at radius 1 is 1.29 bits per heavy atom. The molecule has 0 atom stereocenters. The number of anilines is 2. The number of aryl methyl sites for hydroxylation is 1. The first-order valence-electron chi connectivity index (χ1n) is 5.66. The molecule has 0 radical (unpaired) electrons. The molecule has 0 unspecified atom stereocenters. The normalized spacial score (nSPS) is 17.1. The Labute approximate surface area is 105 Å². The Balaban J connectivity index is 2.51. The molecule has 0 bridgehead atoms. The zero-order valence-electron chi connectivity index (χ0n) is 10.1. The lowest BCUT2D eigenvalue weighted by Gasteiger charge is -2.36. The monoisotopic (exact) mass is 254 g/mol. The van der Waals surface area contributed by atoms with Crippen molar-refractivity contribution in [3.8, 4) is 0 Å². The molecule has 2 heterocycles. The van der Waals surface area contributed by atoms with Crippen LogP contribution in [0, 0.1) is 6.92 Å². The molecule has 92 valence electrons. The van der Waals surface area contributed by atoms with Gasteiger partial charge in [-0.05, 0) is 31.4 Å². The maximum atomic E-state index is 12.1. The summed E-state index contributed by atoms with van der Waals surface area (Å²) in [6.07, 6.45) is 1.38. The summed E-state index contributed by atoms with van der Waals surface area (Å²) in [6.45, 7) is 5.73. The van der Waals surface area contributed by atoms with E-state index < -0.39 is 5.54 Å². The fourth-order valence-corrected chi connectivity index (χ4v) is 2.25. The van der Waals surface area contributed by atoms with E-state index in [1.165, 1.54) is 0 Å². The fraction of sp³-hybridized carbons (Fsp3) is 0.545. The fourth-order valence-electron chi connectivity index (χ4n) is 2.04. The van der Waals surface area contributed by atoms with Gasteiger partial charge in [0.15, 0.2) is 5.82 Å². The number of halogens is 1. The van der Waals surface area contributed by atoms with Gasteiger partial charge in [0.25, 0.3) is 0 Å². The number of aromatic nitrogens is 2. The predicted octanol–water partition coefficient (Wildman–Crippen LogP) is 2.36. The van der Waals surface area contributed by atoms with Crippen LogP contribution in [-0.4, -0.2) is 21.4 Å². The average Bonchev–Trinajstić information content (AvgIpc) is 2.29. The molecule has 17 heavy (non-hydrogen) atoms. The van der Waals surface area contributed by atoms with Gasteiger partial charge in [-0.3, -0.25) is 4.79 Å². The highest BCUT2D eigenvalue weighted by atomic mass is 35.5. The van der Waals surface area contributed by atoms with Gasteiger partial charge in [0, 0.05) is 0 Å². The molecular weight excluding hydrogens is 240 g/mol. The van der Waals surface area contributed by atoms with Crippen LogP contribution in [0.4, 0.5) is 11.5 Å². The van der Waals surface area contributed by atoms with Crippen LogP contribution in [0.15, 0.2) is 0 Å². The zero-order valence-corrected chi connectivity index (χ0v) is 10.9. The highest BCUT2D eigenvalue weighted by Crippen LogP contribution is 2.34. The average molecular weight is 255 g/mol. The van der Waals surface area contributed by atoms with Gasteiger partial charge >= 0.3 is 0 Å². The van der Waals surface area contributed by atoms with E-state index in [1.807, 2.05) is 13.8 Å². The zero-order chi connectivity index (χ0) is 12.6. The molecule has 1 aromatic rings. The molecule has 0 fully saturated rings. The van der Waals surface area contributed by atoms with E-state index in [2.05, 4.69) is 20.6 Å². The summed E-state index contributed by atoms with van der Waals surface area (Å²) >= 11 is 5.82. The van der Waals surface area contributed by atoms with E-state index in [1.54, 1.807) is 6.92 Å². The van der Waals surface area contributed by atoms with Crippen LogP contribution in [0.25, 0.3) is 0 Å². The van der Waals surface area contributed by atoms with E-state index >= 15 is 0 Å². The van der Waals surface area contributed by atoms with Crippen molar-refractivity contribution in [1.82, 2.24) is 9.97 Å². The van der Waals surface area contributed by atoms with Gasteiger partial charge < -0.3 is 10.6 Å². The summed E-state index contributed by atoms with van der Waals surface area (Å²) in [7, 11) is 0. The van der Waals surface area contributed by atoms with Crippen LogP contribution in [0.1, 0.15) is 32.4 Å². The molecular formula is C11H15ClN4O. The van der Waals surface area contributed by atoms with Crippen molar-refractivity contribution in [3.63, 3.8) is 0 Å². The highest BCUT2D eigenvalue weighted by Gasteiger charge is 2.40. The summed E-state index contributed by atoms with van der Waals surface area (Å²) in [5, 5.41) is 6.24. The van der Waals surface area contributed by atoms with Crippen molar-refractivity contribution in [1.29, 1.82) is 0 Å². The van der Waals surface area contributed by atoms with Crippen LogP contribution < -0.4 is 10.6 Å². The van der Waals surface area contributed by atoms with Gasteiger partial charge in [-0.25, -0.2) is 4.98 Å². The SMILES string of the molecule is CCC1(CC)Nc2nc(Cl)nc(C)c2NC1=O. The third kappa shape index (κ3) is 1.84. The summed E-state index contributed by atoms with van der Waals surface area (Å²) in [5.74, 6) is 0.565. The van der Waals surface area contributed by atoms with Crippen molar-refractivity contribution in [2.75, 3.05) is 10.6 Å². The summed E-state index contributed by atoms with van der Waals surface area (Å²) < 4.78 is 0. The summed E-state index contributed by atoms with van der Waals surface area (Å²) in [6, 6.07) is 0. The summed E-state index contributed by atoms with van der Waals surface area (Å²) in [4.78, 5) is 20.3. The smallest absolute Gasteiger partial charge is 0.250 e. The second-order valence-electron chi connectivity index (χ2n) is 4.17. The lowest BCUT2D eigenvalue weighted by Crippen LogP contribution is -2.52. The molecule has 0 spiro atoms. The minimum absolute atomic E-state index is 0.0379. The Hall–Kier alpha value is -1.36. The number of nitrogens with one attached hydrogen (secondary N) is 2. The first-order chi connectivity index (χ1) is 8.02. The van der Waals surface area contributed by atoms with Crippen molar-refractivity contribution in [3.05, 3.63) is 11.0 Å². The Bertz CT molecular complexity index is 471. The second kappa shape index (κ2) is 4.14. The van der Waals surface area contributed by atoms with Gasteiger partial charge in [0.1, 0.15) is 11.2 Å². The van der Waals surface area contributed by atoms with Crippen LogP contribution in [0.3, 0.4) is 0 Å². The number of rotatable bonds is 2. The Kier molecular flexibility index (Phi) is 2.95. The standard InChI is InChI=1S/C11H15ClN4O/c1-4-11(5-2)9(17)14-7-6(3)13-10(12)15-8(7)16-11/h4-5H2,1-3H3,(H,14,17)(H,13,15,16). The van der Waals surface area contributed by atoms with Crippen LogP contribution >= 0.6 is 11.6 Å². The maximum Gasteiger partial charge on any atom is 0.250 e. The molecule has 2 rings (SSSR count). The molecule has 0 aromatic carbocycles. The van der Waals surface area contributed by atoms with Crippen LogP contribution in [0.5, 0.6) is 0 Å². The highest BCUT2D eigenvalue weighted by molar-refractivity contribution is 6.28. The van der Waals surface area contributed by atoms with E-state index in [0.717, 1.165) is 0 Å². The third-order valence-corrected chi connectivity index (χ3v) is 3.47. The van der Waals surface area contributed by atoms with E-state index in [0.29, 0.717) is 30.0 Å². The number of fused-ring (bicyclic) bond motifs is 1. The molecule has 1 aliphatic rings. The predicted molar refractivity (Wildman–Crippen MR) is 67.3 cm³/mol. The van der Waals surface area contributed by atoms with Gasteiger partial charge in [0.05, 0.1) is 5.69 Å². The topological polar surface area (TPSA) is 66.9 Å². The summed E-state index contributed by atoms with van der Waals surface area (Å²) in [5.41, 5.74) is 0.690. The van der Waals surface area contributed by atoms with Gasteiger partial charge in [-0.2, -0.15) is 4.98 Å². The number of carbonyl (C=O) groups is 1. The molecule has 0 saturated heterocycles. The minimum Gasteiger partial charge on any atom is -0.354 e. The van der Waals surface area contributed by atoms with Crippen molar-refractivity contribution in [2.45, 2.75) is 39.2 Å². The third-order valence-electron chi connectivity index (χ3n) is 3.30. The quantitative estimate of drug-likeness (QED) is 0.795. The van der Waals surface area contributed by atoms with Crippen molar-refractivity contribution >= 4 is 29.0 Å². The number of nitrogens with zero attached hydrogens (tertiary/aromatic N) is 2. The minimum atomic E-state index is -0.600. The van der Waals surface area contributed by atoms with Crippen molar-refractivity contribution in [2.24, 2.45) is 0 Å². The molecule has 1 aromatic heterocycles.